The van der Waals surface area contributed by atoms with Gasteiger partial charge in [-0.2, -0.15) is 0 Å². The first-order chi connectivity index (χ1) is 14.5. The van der Waals surface area contributed by atoms with Crippen molar-refractivity contribution in [3.8, 4) is 0 Å². The summed E-state index contributed by atoms with van der Waals surface area (Å²) in [5.41, 5.74) is 9.41. The van der Waals surface area contributed by atoms with Gasteiger partial charge >= 0.3 is 0 Å². The molecule has 1 aromatic heterocycles. The minimum absolute atomic E-state index is 0.112. The summed E-state index contributed by atoms with van der Waals surface area (Å²) in [5.74, 6) is 2.05. The van der Waals surface area contributed by atoms with Crippen LogP contribution in [0.25, 0.3) is 0 Å². The summed E-state index contributed by atoms with van der Waals surface area (Å²) in [6.45, 7) is 6.60. The Labute approximate surface area is 180 Å². The summed E-state index contributed by atoms with van der Waals surface area (Å²) in [5, 5.41) is 0. The molecule has 1 aromatic rings. The molecule has 4 aliphatic carbocycles. The van der Waals surface area contributed by atoms with Crippen molar-refractivity contribution in [2.75, 3.05) is 13.2 Å². The van der Waals surface area contributed by atoms with E-state index in [2.05, 4.69) is 26.0 Å². The van der Waals surface area contributed by atoms with E-state index >= 15 is 0 Å². The van der Waals surface area contributed by atoms with Crippen molar-refractivity contribution in [3.05, 3.63) is 35.8 Å². The third kappa shape index (κ3) is 2.45. The van der Waals surface area contributed by atoms with Crippen LogP contribution < -0.4 is 5.73 Å². The summed E-state index contributed by atoms with van der Waals surface area (Å²) in [6.07, 6.45) is 16.7. The molecule has 0 bridgehead atoms. The Morgan fingerprint density at radius 2 is 2.07 bits per heavy atom. The van der Waals surface area contributed by atoms with Crippen LogP contribution in [0.4, 0.5) is 0 Å². The van der Waals surface area contributed by atoms with Crippen LogP contribution in [0.15, 0.2) is 34.7 Å². The van der Waals surface area contributed by atoms with Crippen LogP contribution in [0, 0.1) is 22.7 Å². The van der Waals surface area contributed by atoms with Crippen molar-refractivity contribution < 1.29 is 13.9 Å². The smallest absolute Gasteiger partial charge is 0.104 e. The average molecular weight is 412 g/mol. The highest BCUT2D eigenvalue weighted by Gasteiger charge is 2.80. The molecule has 5 aliphatic rings. The van der Waals surface area contributed by atoms with Gasteiger partial charge < -0.3 is 19.6 Å². The molecule has 6 rings (SSSR count). The van der Waals surface area contributed by atoms with Crippen LogP contribution in [0.1, 0.15) is 76.7 Å². The fourth-order valence-electron chi connectivity index (χ4n) is 8.56. The number of ether oxygens (including phenoxy) is 2. The first kappa shape index (κ1) is 19.6. The number of furan rings is 1. The van der Waals surface area contributed by atoms with Crippen molar-refractivity contribution in [1.82, 2.24) is 0 Å². The van der Waals surface area contributed by atoms with E-state index in [0.29, 0.717) is 36.0 Å². The van der Waals surface area contributed by atoms with Gasteiger partial charge in [-0.25, -0.2) is 0 Å². The Morgan fingerprint density at radius 3 is 2.87 bits per heavy atom. The van der Waals surface area contributed by atoms with E-state index in [1.165, 1.54) is 44.1 Å². The van der Waals surface area contributed by atoms with Crippen LogP contribution in [0.2, 0.25) is 0 Å². The van der Waals surface area contributed by atoms with Crippen LogP contribution in [-0.4, -0.2) is 31.0 Å². The third-order valence-corrected chi connectivity index (χ3v) is 10.1. The predicted octanol–water partition coefficient (Wildman–Crippen LogP) is 5.19. The Kier molecular flexibility index (Phi) is 4.37. The molecule has 0 radical (unpaired) electrons. The minimum atomic E-state index is 0.112. The van der Waals surface area contributed by atoms with Gasteiger partial charge in [-0.1, -0.05) is 25.5 Å². The second-order valence-electron chi connectivity index (χ2n) is 11.2. The normalized spacial score (nSPS) is 48.9. The molecule has 3 unspecified atom stereocenters. The predicted molar refractivity (Wildman–Crippen MR) is 116 cm³/mol. The fraction of sp³-hybridized carbons (Fsp3) is 0.769. The maximum atomic E-state index is 6.67. The Morgan fingerprint density at radius 1 is 1.17 bits per heavy atom. The summed E-state index contributed by atoms with van der Waals surface area (Å²) in [7, 11) is 0. The second-order valence-corrected chi connectivity index (χ2v) is 11.2. The van der Waals surface area contributed by atoms with E-state index in [0.717, 1.165) is 25.4 Å². The molecule has 1 aliphatic heterocycles. The van der Waals surface area contributed by atoms with E-state index in [4.69, 9.17) is 19.6 Å². The standard InChI is InChI=1S/C26H37NO3/c1-24-9-6-19(29-12-3-11-27)14-18(24)4-5-21-20(24)7-10-25(2)22(17-8-13-28-16-17)15-23-26(21,25)30-23/h8,13-14,16,19-23H,3-7,9-12,15,27H2,1-2H3/t19?,20-,21-,22?,23?,24+,25-,26+/m1/s1. The van der Waals surface area contributed by atoms with Gasteiger partial charge in [0, 0.05) is 12.0 Å². The molecule has 1 spiro atoms. The van der Waals surface area contributed by atoms with Crippen LogP contribution in [0.5, 0.6) is 0 Å². The van der Waals surface area contributed by atoms with E-state index in [1.807, 2.05) is 12.5 Å². The maximum absolute atomic E-state index is 6.67. The molecule has 4 fully saturated rings. The van der Waals surface area contributed by atoms with E-state index in [1.54, 1.807) is 5.57 Å². The Balaban J connectivity index is 1.27. The van der Waals surface area contributed by atoms with Gasteiger partial charge in [-0.3, -0.25) is 0 Å². The zero-order chi connectivity index (χ0) is 20.6. The van der Waals surface area contributed by atoms with Gasteiger partial charge in [-0.05, 0) is 92.7 Å². The SMILES string of the molecule is C[C@]12CCC(OCCCN)C=C1CC[C@@H]1[C@H]2CC[C@]2(C)C(c3ccoc3)CC3O[C@]312. The number of allylic oxidation sites excluding steroid dienone is 1. The van der Waals surface area contributed by atoms with Gasteiger partial charge in [0.25, 0.3) is 0 Å². The van der Waals surface area contributed by atoms with Gasteiger partial charge in [0.15, 0.2) is 0 Å². The zero-order valence-electron chi connectivity index (χ0n) is 18.6. The molecule has 8 atom stereocenters. The lowest BCUT2D eigenvalue weighted by Gasteiger charge is -2.58. The zero-order valence-corrected chi connectivity index (χ0v) is 18.6. The summed E-state index contributed by atoms with van der Waals surface area (Å²) >= 11 is 0. The highest BCUT2D eigenvalue weighted by Crippen LogP contribution is 2.77. The Hall–Kier alpha value is -1.10. The van der Waals surface area contributed by atoms with Crippen molar-refractivity contribution in [2.45, 2.75) is 88.9 Å². The molecule has 0 amide bonds. The second kappa shape index (κ2) is 6.70. The number of hydrogen-bond acceptors (Lipinski definition) is 4. The van der Waals surface area contributed by atoms with E-state index in [-0.39, 0.29) is 11.0 Å². The number of fused-ring (bicyclic) bond motifs is 3. The lowest BCUT2D eigenvalue weighted by Crippen LogP contribution is -2.56. The largest absolute Gasteiger partial charge is 0.472 e. The molecule has 30 heavy (non-hydrogen) atoms. The van der Waals surface area contributed by atoms with Crippen molar-refractivity contribution >= 4 is 0 Å². The third-order valence-electron chi connectivity index (χ3n) is 10.1. The molecular weight excluding hydrogens is 374 g/mol. The van der Waals surface area contributed by atoms with Crippen molar-refractivity contribution in [2.24, 2.45) is 28.4 Å². The number of nitrogens with two attached hydrogens (primary N) is 1. The first-order valence-corrected chi connectivity index (χ1v) is 12.3. The number of epoxide rings is 1. The molecule has 1 saturated heterocycles. The Bertz CT molecular complexity index is 833. The average Bonchev–Trinajstić information content (AvgIpc) is 3.09. The molecule has 164 valence electrons. The first-order valence-electron chi connectivity index (χ1n) is 12.3. The molecular formula is C26H37NO3. The van der Waals surface area contributed by atoms with Crippen molar-refractivity contribution in [3.63, 3.8) is 0 Å². The van der Waals surface area contributed by atoms with E-state index < -0.39 is 0 Å². The monoisotopic (exact) mass is 411 g/mol. The van der Waals surface area contributed by atoms with Crippen LogP contribution >= 0.6 is 0 Å². The summed E-state index contributed by atoms with van der Waals surface area (Å²) < 4.78 is 18.3. The molecule has 4 heteroatoms. The summed E-state index contributed by atoms with van der Waals surface area (Å²) in [4.78, 5) is 0. The number of rotatable bonds is 5. The fourth-order valence-corrected chi connectivity index (χ4v) is 8.56. The lowest BCUT2D eigenvalue weighted by atomic mass is 9.46. The van der Waals surface area contributed by atoms with Gasteiger partial charge in [0.05, 0.1) is 24.7 Å². The highest BCUT2D eigenvalue weighted by molar-refractivity contribution is 5.37. The molecule has 3 saturated carbocycles. The molecule has 4 nitrogen and oxygen atoms in total. The highest BCUT2D eigenvalue weighted by atomic mass is 16.6. The van der Waals surface area contributed by atoms with Crippen LogP contribution in [-0.2, 0) is 9.47 Å². The number of hydrogen-bond donors (Lipinski definition) is 1. The van der Waals surface area contributed by atoms with Crippen molar-refractivity contribution in [1.29, 1.82) is 0 Å². The topological polar surface area (TPSA) is 60.9 Å². The molecule has 2 N–H and O–H groups in total. The maximum Gasteiger partial charge on any atom is 0.104 e. The molecule has 2 heterocycles. The van der Waals surface area contributed by atoms with Gasteiger partial charge in [0.1, 0.15) is 5.60 Å². The molecule has 0 aromatic carbocycles. The van der Waals surface area contributed by atoms with Gasteiger partial charge in [0.2, 0.25) is 0 Å². The van der Waals surface area contributed by atoms with E-state index in [9.17, 15) is 0 Å². The summed E-state index contributed by atoms with van der Waals surface area (Å²) in [6, 6.07) is 2.19. The van der Waals surface area contributed by atoms with Crippen LogP contribution in [0.3, 0.4) is 0 Å². The van der Waals surface area contributed by atoms with Gasteiger partial charge in [-0.15, -0.1) is 0 Å². The quantitative estimate of drug-likeness (QED) is 0.411. The minimum Gasteiger partial charge on any atom is -0.472 e. The lowest BCUT2D eigenvalue weighted by molar-refractivity contribution is -0.0836.